The quantitative estimate of drug-likeness (QED) is 0.819. The smallest absolute Gasteiger partial charge is 0.328 e. The van der Waals surface area contributed by atoms with Crippen molar-refractivity contribution in [2.24, 2.45) is 11.3 Å². The van der Waals surface area contributed by atoms with Gasteiger partial charge in [-0.05, 0) is 41.5 Å². The molecule has 0 spiro atoms. The molecule has 0 aromatic heterocycles. The fraction of sp³-hybridized carbons (Fsp3) is 0.471. The predicted octanol–water partition coefficient (Wildman–Crippen LogP) is 4.42. The highest BCUT2D eigenvalue weighted by atomic mass is 79.9. The molecule has 1 aliphatic heterocycles. The number of carbonyl (C=O) groups is 1. The van der Waals surface area contributed by atoms with Crippen molar-refractivity contribution in [1.82, 2.24) is 0 Å². The van der Waals surface area contributed by atoms with Crippen molar-refractivity contribution in [1.29, 1.82) is 0 Å². The van der Waals surface area contributed by atoms with Gasteiger partial charge in [0.1, 0.15) is 0 Å². The largest absolute Gasteiger partial charge is 0.478 e. The van der Waals surface area contributed by atoms with Crippen LogP contribution in [0, 0.1) is 11.3 Å². The highest BCUT2D eigenvalue weighted by Gasteiger charge is 2.32. The molecule has 114 valence electrons. The van der Waals surface area contributed by atoms with Gasteiger partial charge in [0.05, 0.1) is 0 Å². The average Bonchev–Trinajstić information content (AvgIpc) is 2.86. The average molecular weight is 352 g/mol. The number of carboxylic acids is 1. The van der Waals surface area contributed by atoms with Crippen LogP contribution >= 0.6 is 15.9 Å². The van der Waals surface area contributed by atoms with E-state index in [2.05, 4.69) is 47.7 Å². The number of carboxylic acid groups (broad SMARTS) is 1. The zero-order valence-corrected chi connectivity index (χ0v) is 14.4. The van der Waals surface area contributed by atoms with E-state index < -0.39 is 5.97 Å². The summed E-state index contributed by atoms with van der Waals surface area (Å²) in [5, 5.41) is 8.82. The summed E-state index contributed by atoms with van der Waals surface area (Å²) in [5.74, 6) is -0.259. The fourth-order valence-corrected chi connectivity index (χ4v) is 3.13. The molecular formula is C17H22BrNO2. The number of hydrogen-bond acceptors (Lipinski definition) is 2. The molecule has 1 aromatic carbocycles. The zero-order valence-electron chi connectivity index (χ0n) is 12.8. The van der Waals surface area contributed by atoms with E-state index in [9.17, 15) is 4.79 Å². The van der Waals surface area contributed by atoms with Gasteiger partial charge in [0.2, 0.25) is 0 Å². The van der Waals surface area contributed by atoms with Gasteiger partial charge >= 0.3 is 5.97 Å². The van der Waals surface area contributed by atoms with Crippen LogP contribution in [0.5, 0.6) is 0 Å². The molecule has 1 aliphatic rings. The van der Waals surface area contributed by atoms with Crippen molar-refractivity contribution >= 4 is 33.7 Å². The van der Waals surface area contributed by atoms with E-state index in [1.54, 1.807) is 6.08 Å². The molecule has 21 heavy (non-hydrogen) atoms. The number of nitrogens with zero attached hydrogens (tertiary/aromatic N) is 1. The summed E-state index contributed by atoms with van der Waals surface area (Å²) in [6.07, 6.45) is 4.05. The van der Waals surface area contributed by atoms with E-state index in [1.807, 2.05) is 12.1 Å². The second kappa shape index (κ2) is 6.22. The number of benzene rings is 1. The Hall–Kier alpha value is -1.29. The lowest BCUT2D eigenvalue weighted by Crippen LogP contribution is -2.26. The molecule has 0 radical (unpaired) electrons. The molecule has 3 nitrogen and oxygen atoms in total. The molecule has 2 rings (SSSR count). The molecule has 1 aromatic rings. The maximum atomic E-state index is 10.7. The summed E-state index contributed by atoms with van der Waals surface area (Å²) in [5.41, 5.74) is 2.36. The molecule has 4 heteroatoms. The molecule has 0 saturated carbocycles. The normalized spacial score (nSPS) is 19.4. The summed E-state index contributed by atoms with van der Waals surface area (Å²) in [7, 11) is 0. The topological polar surface area (TPSA) is 40.5 Å². The van der Waals surface area contributed by atoms with Crippen molar-refractivity contribution in [2.45, 2.75) is 27.2 Å². The number of halogens is 1. The first kappa shape index (κ1) is 16.1. The summed E-state index contributed by atoms with van der Waals surface area (Å²) >= 11 is 3.51. The van der Waals surface area contributed by atoms with Gasteiger partial charge in [0.15, 0.2) is 0 Å². The lowest BCUT2D eigenvalue weighted by atomic mass is 9.80. The van der Waals surface area contributed by atoms with Crippen LogP contribution in [0.2, 0.25) is 0 Å². The Morgan fingerprint density at radius 3 is 2.71 bits per heavy atom. The first-order valence-corrected chi connectivity index (χ1v) is 8.02. The first-order valence-electron chi connectivity index (χ1n) is 7.23. The van der Waals surface area contributed by atoms with Gasteiger partial charge in [-0.3, -0.25) is 0 Å². The Bertz CT molecular complexity index is 560. The number of aliphatic carboxylic acids is 1. The van der Waals surface area contributed by atoms with Gasteiger partial charge in [-0.1, -0.05) is 42.8 Å². The van der Waals surface area contributed by atoms with Gasteiger partial charge in [-0.15, -0.1) is 0 Å². The van der Waals surface area contributed by atoms with E-state index in [0.717, 1.165) is 28.8 Å². The molecule has 0 amide bonds. The molecule has 0 aliphatic carbocycles. The van der Waals surface area contributed by atoms with Crippen LogP contribution < -0.4 is 4.90 Å². The molecule has 1 heterocycles. The van der Waals surface area contributed by atoms with Crippen LogP contribution in [0.25, 0.3) is 6.08 Å². The summed E-state index contributed by atoms with van der Waals surface area (Å²) in [6, 6.07) is 5.98. The van der Waals surface area contributed by atoms with Gasteiger partial charge in [-0.2, -0.15) is 0 Å². The van der Waals surface area contributed by atoms with Gasteiger partial charge in [0.25, 0.3) is 0 Å². The summed E-state index contributed by atoms with van der Waals surface area (Å²) in [6.45, 7) is 8.90. The van der Waals surface area contributed by atoms with Crippen molar-refractivity contribution in [3.05, 3.63) is 34.3 Å². The van der Waals surface area contributed by atoms with Crippen LogP contribution in [0.15, 0.2) is 28.7 Å². The van der Waals surface area contributed by atoms with Gasteiger partial charge < -0.3 is 10.0 Å². The Kier molecular flexibility index (Phi) is 4.77. The maximum absolute atomic E-state index is 10.7. The van der Waals surface area contributed by atoms with Crippen LogP contribution in [-0.4, -0.2) is 24.2 Å². The summed E-state index contributed by atoms with van der Waals surface area (Å²) < 4.78 is 1.02. The Balaban J connectivity index is 2.27. The van der Waals surface area contributed by atoms with E-state index in [4.69, 9.17) is 5.11 Å². The van der Waals surface area contributed by atoms with Crippen molar-refractivity contribution < 1.29 is 9.90 Å². The van der Waals surface area contributed by atoms with Crippen molar-refractivity contribution in [2.75, 3.05) is 18.0 Å². The van der Waals surface area contributed by atoms with Crippen LogP contribution in [-0.2, 0) is 4.79 Å². The minimum Gasteiger partial charge on any atom is -0.478 e. The van der Waals surface area contributed by atoms with E-state index in [-0.39, 0.29) is 0 Å². The molecule has 0 bridgehead atoms. The second-order valence-corrected chi connectivity index (χ2v) is 7.59. The Morgan fingerprint density at radius 2 is 2.14 bits per heavy atom. The zero-order chi connectivity index (χ0) is 15.6. The van der Waals surface area contributed by atoms with Crippen molar-refractivity contribution in [3.63, 3.8) is 0 Å². The molecule has 1 N–H and O–H groups in total. The monoisotopic (exact) mass is 351 g/mol. The number of hydrogen-bond donors (Lipinski definition) is 1. The minimum atomic E-state index is -0.919. The third kappa shape index (κ3) is 4.10. The fourth-order valence-electron chi connectivity index (χ4n) is 2.78. The van der Waals surface area contributed by atoms with E-state index >= 15 is 0 Å². The second-order valence-electron chi connectivity index (χ2n) is 6.67. The molecule has 1 atom stereocenters. The highest BCUT2D eigenvalue weighted by Crippen LogP contribution is 2.37. The number of anilines is 1. The minimum absolute atomic E-state index is 0.303. The lowest BCUT2D eigenvalue weighted by molar-refractivity contribution is -0.131. The molecular weight excluding hydrogens is 330 g/mol. The van der Waals surface area contributed by atoms with E-state index in [1.165, 1.54) is 12.5 Å². The number of rotatable bonds is 3. The van der Waals surface area contributed by atoms with Crippen LogP contribution in [0.4, 0.5) is 5.69 Å². The Morgan fingerprint density at radius 1 is 1.43 bits per heavy atom. The third-order valence-corrected chi connectivity index (χ3v) is 4.64. The van der Waals surface area contributed by atoms with Gasteiger partial charge in [0, 0.05) is 29.3 Å². The van der Waals surface area contributed by atoms with E-state index in [0.29, 0.717) is 11.3 Å². The Labute approximate surface area is 134 Å². The van der Waals surface area contributed by atoms with Crippen LogP contribution in [0.3, 0.4) is 0 Å². The summed E-state index contributed by atoms with van der Waals surface area (Å²) in [4.78, 5) is 13.1. The van der Waals surface area contributed by atoms with Crippen LogP contribution in [0.1, 0.15) is 32.8 Å². The SMILES string of the molecule is CC(C)(C)C1CCN(c2cc(Br)ccc2/C=C/C(=O)O)C1. The lowest BCUT2D eigenvalue weighted by Gasteiger charge is -2.28. The standard InChI is InChI=1S/C17H22BrNO2/c1-17(2,3)13-8-9-19(11-13)15-10-14(18)6-4-12(15)5-7-16(20)21/h4-7,10,13H,8-9,11H2,1-3H3,(H,20,21)/b7-5+. The molecule has 1 fully saturated rings. The highest BCUT2D eigenvalue weighted by molar-refractivity contribution is 9.10. The van der Waals surface area contributed by atoms with Gasteiger partial charge in [-0.25, -0.2) is 4.79 Å². The molecule has 1 saturated heterocycles. The third-order valence-electron chi connectivity index (χ3n) is 4.15. The molecule has 1 unspecified atom stereocenters. The first-order chi connectivity index (χ1) is 9.77. The van der Waals surface area contributed by atoms with Crippen molar-refractivity contribution in [3.8, 4) is 0 Å². The predicted molar refractivity (Wildman–Crippen MR) is 90.6 cm³/mol. The maximum Gasteiger partial charge on any atom is 0.328 e.